The van der Waals surface area contributed by atoms with Crippen LogP contribution in [0.5, 0.6) is 0 Å². The third-order valence-corrected chi connectivity index (χ3v) is 34.9. The van der Waals surface area contributed by atoms with Gasteiger partial charge in [0.05, 0.1) is 55.8 Å². The van der Waals surface area contributed by atoms with Gasteiger partial charge in [-0.25, -0.2) is 0 Å². The van der Waals surface area contributed by atoms with Crippen LogP contribution >= 0.6 is 0 Å². The summed E-state index contributed by atoms with van der Waals surface area (Å²) in [5.41, 5.74) is 0.966. The Labute approximate surface area is 390 Å². The van der Waals surface area contributed by atoms with Gasteiger partial charge < -0.3 is 36.7 Å². The maximum absolute atomic E-state index is 13.7. The van der Waals surface area contributed by atoms with Crippen molar-refractivity contribution in [3.05, 3.63) is 35.9 Å². The van der Waals surface area contributed by atoms with Crippen LogP contribution in [-0.4, -0.2) is 94.4 Å². The van der Waals surface area contributed by atoms with E-state index >= 15 is 0 Å². The molecule has 3 heterocycles. The van der Waals surface area contributed by atoms with E-state index in [4.69, 9.17) is 36.7 Å². The Morgan fingerprint density at radius 3 is 1.86 bits per heavy atom. The zero-order chi connectivity index (χ0) is 47.2. The summed E-state index contributed by atoms with van der Waals surface area (Å²) in [7, 11) is -8.36. The summed E-state index contributed by atoms with van der Waals surface area (Å²) in [6.45, 7) is 42.3. The molecular weight excluding hydrogens is 857 g/mol. The predicted molar refractivity (Wildman–Crippen MR) is 268 cm³/mol. The number of carbonyl (C=O) groups is 1. The van der Waals surface area contributed by atoms with Crippen LogP contribution in [0.2, 0.25) is 72.5 Å². The zero-order valence-electron chi connectivity index (χ0n) is 43.4. The summed E-state index contributed by atoms with van der Waals surface area (Å²) < 4.78 is 56.7. The molecule has 1 aromatic rings. The molecule has 0 aliphatic carbocycles. The van der Waals surface area contributed by atoms with E-state index < -0.39 is 45.2 Å². The van der Waals surface area contributed by atoms with Gasteiger partial charge in [0.15, 0.2) is 39.1 Å². The number of benzene rings is 1. The molecule has 3 aliphatic rings. The molecule has 0 radical (unpaired) electrons. The molecular formula is C50H94O9Si4. The quantitative estimate of drug-likeness (QED) is 0.0832. The van der Waals surface area contributed by atoms with Gasteiger partial charge in [-0.1, -0.05) is 127 Å². The number of hydrogen-bond donors (Lipinski definition) is 0. The summed E-state index contributed by atoms with van der Waals surface area (Å²) in [5, 5.41) is 0.140. The highest BCUT2D eigenvalue weighted by atomic mass is 28.4. The van der Waals surface area contributed by atoms with Gasteiger partial charge in [0.25, 0.3) is 0 Å². The number of hydrogen-bond acceptors (Lipinski definition) is 9. The standard InChI is InChI=1S/C50H94O9Si4/c1-19-62(20-2,21-3)58-42(30-40(57-61(17,18)49(12,13)14)36-53-60(15,16)48(9,10)11)41-31-43-46(54-41)37(7)33-50(55-43)34-38(8)47(59-63(22-4,23-5)24-6)44(56-50)32-45(51)52-35-39-28-26-25-27-29-39/h25-29,37-38,40-44,46-47H,19-24,30-36H2,1-18H3/t37-,38-,40+,41?,42-,43?,44-,46?,47?,50+/m0/s1. The number of esters is 1. The summed E-state index contributed by atoms with van der Waals surface area (Å²) in [5.74, 6) is -0.827. The Kier molecular flexibility index (Phi) is 19.3. The average Bonchev–Trinajstić information content (AvgIpc) is 3.65. The van der Waals surface area contributed by atoms with Crippen molar-refractivity contribution in [2.45, 2.75) is 257 Å². The lowest BCUT2D eigenvalue weighted by Gasteiger charge is -2.53. The van der Waals surface area contributed by atoms with Gasteiger partial charge in [-0.2, -0.15) is 0 Å². The number of fused-ring (bicyclic) bond motifs is 1. The van der Waals surface area contributed by atoms with Crippen molar-refractivity contribution in [3.63, 3.8) is 0 Å². The first-order valence-electron chi connectivity index (χ1n) is 25.1. The first-order chi connectivity index (χ1) is 29.3. The van der Waals surface area contributed by atoms with Gasteiger partial charge >= 0.3 is 5.97 Å². The van der Waals surface area contributed by atoms with Crippen molar-refractivity contribution in [2.75, 3.05) is 6.61 Å². The normalized spacial score (nSPS) is 28.5. The van der Waals surface area contributed by atoms with Crippen molar-refractivity contribution in [1.29, 1.82) is 0 Å². The smallest absolute Gasteiger partial charge is 0.308 e. The minimum Gasteiger partial charge on any atom is -0.461 e. The molecule has 3 fully saturated rings. The fourth-order valence-electron chi connectivity index (χ4n) is 9.78. The van der Waals surface area contributed by atoms with E-state index in [0.717, 1.165) is 54.7 Å². The van der Waals surface area contributed by atoms with Gasteiger partial charge in [0.1, 0.15) is 6.61 Å². The Morgan fingerprint density at radius 2 is 1.32 bits per heavy atom. The first kappa shape index (κ1) is 54.9. The van der Waals surface area contributed by atoms with Crippen LogP contribution in [0, 0.1) is 11.8 Å². The predicted octanol–water partition coefficient (Wildman–Crippen LogP) is 13.4. The van der Waals surface area contributed by atoms with E-state index in [1.165, 1.54) is 0 Å². The van der Waals surface area contributed by atoms with Gasteiger partial charge in [-0.05, 0) is 89.9 Å². The maximum atomic E-state index is 13.7. The maximum Gasteiger partial charge on any atom is 0.308 e. The minimum atomic E-state index is -2.18. The molecule has 0 N–H and O–H groups in total. The van der Waals surface area contributed by atoms with Crippen molar-refractivity contribution in [3.8, 4) is 0 Å². The van der Waals surface area contributed by atoms with Crippen LogP contribution in [0.3, 0.4) is 0 Å². The molecule has 3 saturated heterocycles. The third kappa shape index (κ3) is 13.7. The van der Waals surface area contributed by atoms with Gasteiger partial charge in [0.2, 0.25) is 0 Å². The Balaban J connectivity index is 1.65. The molecule has 1 aromatic carbocycles. The fourth-order valence-corrected chi connectivity index (χ4v) is 18.0. The van der Waals surface area contributed by atoms with Gasteiger partial charge in [-0.3, -0.25) is 4.79 Å². The second-order valence-electron chi connectivity index (χ2n) is 22.8. The molecule has 4 rings (SSSR count). The number of rotatable bonds is 22. The highest BCUT2D eigenvalue weighted by Gasteiger charge is 2.58. The average molecular weight is 952 g/mol. The molecule has 3 aliphatic heterocycles. The largest absolute Gasteiger partial charge is 0.461 e. The fraction of sp³-hybridized carbons (Fsp3) is 0.860. The zero-order valence-corrected chi connectivity index (χ0v) is 47.4. The third-order valence-electron chi connectivity index (χ3n) is 16.5. The van der Waals surface area contributed by atoms with E-state index in [0.29, 0.717) is 19.4 Å². The second-order valence-corrected chi connectivity index (χ2v) is 41.9. The van der Waals surface area contributed by atoms with Gasteiger partial charge in [0, 0.05) is 25.7 Å². The summed E-state index contributed by atoms with van der Waals surface area (Å²) >= 11 is 0. The van der Waals surface area contributed by atoms with Crippen LogP contribution in [0.4, 0.5) is 0 Å². The van der Waals surface area contributed by atoms with E-state index in [1.54, 1.807) is 0 Å². The number of ether oxygens (including phenoxy) is 4. The van der Waals surface area contributed by atoms with E-state index in [-0.39, 0.29) is 77.5 Å². The molecule has 0 aromatic heterocycles. The SMILES string of the molecule is CC[Si](CC)(CC)OC1[C@H](CC(=O)OCc2ccccc2)O[C@]2(C[C@H](C)C3OC([C@H](C[C@H](CO[Si](C)(C)C(C)(C)C)O[Si](C)(C)C(C)(C)C)O[Si](CC)(CC)CC)CC3O2)C[C@@H]1C. The first-order valence-corrected chi connectivity index (χ1v) is 36.0. The van der Waals surface area contributed by atoms with Crippen LogP contribution in [0.15, 0.2) is 30.3 Å². The summed E-state index contributed by atoms with van der Waals surface area (Å²) in [4.78, 5) is 13.7. The van der Waals surface area contributed by atoms with Crippen LogP contribution in [0.25, 0.3) is 0 Å². The van der Waals surface area contributed by atoms with Crippen LogP contribution in [0.1, 0.15) is 135 Å². The highest BCUT2D eigenvalue weighted by molar-refractivity contribution is 6.75. The molecule has 9 nitrogen and oxygen atoms in total. The van der Waals surface area contributed by atoms with E-state index in [1.807, 2.05) is 30.3 Å². The summed E-state index contributed by atoms with van der Waals surface area (Å²) in [6, 6.07) is 16.1. The topological polar surface area (TPSA) is 90.9 Å². The molecule has 0 saturated carbocycles. The second kappa shape index (κ2) is 22.1. The summed E-state index contributed by atoms with van der Waals surface area (Å²) in [6.07, 6.45) is 1.58. The Morgan fingerprint density at radius 1 is 0.762 bits per heavy atom. The Hall–Kier alpha value is -0.722. The molecule has 1 spiro atoms. The molecule has 0 bridgehead atoms. The molecule has 0 amide bonds. The lowest BCUT2D eigenvalue weighted by atomic mass is 9.80. The monoisotopic (exact) mass is 951 g/mol. The van der Waals surface area contributed by atoms with Crippen LogP contribution < -0.4 is 0 Å². The van der Waals surface area contributed by atoms with Crippen molar-refractivity contribution in [1.82, 2.24) is 0 Å². The Bertz CT molecular complexity index is 1540. The lowest BCUT2D eigenvalue weighted by Crippen LogP contribution is -2.61. The van der Waals surface area contributed by atoms with Crippen molar-refractivity contribution >= 4 is 39.2 Å². The van der Waals surface area contributed by atoms with Crippen molar-refractivity contribution in [2.24, 2.45) is 11.8 Å². The minimum absolute atomic E-state index is 0.0503. The highest BCUT2D eigenvalue weighted by Crippen LogP contribution is 2.50. The molecule has 364 valence electrons. The number of carbonyl (C=O) groups excluding carboxylic acids is 1. The van der Waals surface area contributed by atoms with Gasteiger partial charge in [-0.15, -0.1) is 0 Å². The van der Waals surface area contributed by atoms with E-state index in [9.17, 15) is 4.79 Å². The molecule has 63 heavy (non-hydrogen) atoms. The van der Waals surface area contributed by atoms with Crippen LogP contribution in [-0.2, 0) is 48.1 Å². The van der Waals surface area contributed by atoms with Crippen molar-refractivity contribution < 1.29 is 41.4 Å². The lowest BCUT2D eigenvalue weighted by molar-refractivity contribution is -0.351. The van der Waals surface area contributed by atoms with E-state index in [2.05, 4.69) is 123 Å². The molecule has 4 unspecified atom stereocenters. The molecule has 10 atom stereocenters. The molecule has 13 heteroatoms.